The van der Waals surface area contributed by atoms with Gasteiger partial charge in [-0.15, -0.1) is 11.3 Å². The molecule has 0 fully saturated rings. The molecular formula is C14H15N3O3S. The molecule has 0 aliphatic heterocycles. The number of thiophene rings is 1. The first-order valence-corrected chi connectivity index (χ1v) is 7.19. The second kappa shape index (κ2) is 6.36. The number of carbonyl (C=O) groups is 1. The number of amides is 1. The molecule has 2 rings (SSSR count). The molecule has 2 N–H and O–H groups in total. The second-order valence-electron chi connectivity index (χ2n) is 4.59. The van der Waals surface area contributed by atoms with Crippen LogP contribution in [0.4, 0.5) is 11.4 Å². The highest BCUT2D eigenvalue weighted by Gasteiger charge is 2.17. The summed E-state index contributed by atoms with van der Waals surface area (Å²) in [5.41, 5.74) is 5.76. The highest BCUT2D eigenvalue weighted by molar-refractivity contribution is 7.09. The van der Waals surface area contributed by atoms with E-state index in [2.05, 4.69) is 0 Å². The molecule has 0 aliphatic rings. The maximum atomic E-state index is 12.2. The van der Waals surface area contributed by atoms with Gasteiger partial charge >= 0.3 is 0 Å². The lowest BCUT2D eigenvalue weighted by molar-refractivity contribution is -0.383. The van der Waals surface area contributed by atoms with Crippen LogP contribution in [0.25, 0.3) is 0 Å². The lowest BCUT2D eigenvalue weighted by Gasteiger charge is -2.17. The smallest absolute Gasteiger partial charge is 0.292 e. The molecule has 0 atom stereocenters. The van der Waals surface area contributed by atoms with E-state index in [1.54, 1.807) is 23.3 Å². The van der Waals surface area contributed by atoms with Gasteiger partial charge in [-0.3, -0.25) is 14.9 Å². The van der Waals surface area contributed by atoms with Crippen LogP contribution >= 0.6 is 11.3 Å². The number of likely N-dealkylation sites (N-methyl/N-ethyl adjacent to an activating group) is 1. The topological polar surface area (TPSA) is 89.5 Å². The molecule has 0 radical (unpaired) electrons. The first-order valence-electron chi connectivity index (χ1n) is 6.31. The van der Waals surface area contributed by atoms with Gasteiger partial charge in [-0.05, 0) is 30.0 Å². The molecule has 6 nitrogen and oxygen atoms in total. The number of carbonyl (C=O) groups excluding carboxylic acids is 1. The fourth-order valence-electron chi connectivity index (χ4n) is 1.91. The molecule has 110 valence electrons. The molecule has 7 heteroatoms. The van der Waals surface area contributed by atoms with Crippen molar-refractivity contribution in [3.8, 4) is 0 Å². The van der Waals surface area contributed by atoms with Gasteiger partial charge in [0, 0.05) is 30.1 Å². The number of nitro groups is 1. The van der Waals surface area contributed by atoms with E-state index in [0.29, 0.717) is 12.1 Å². The Kier molecular flexibility index (Phi) is 4.54. The first kappa shape index (κ1) is 15.0. The average Bonchev–Trinajstić information content (AvgIpc) is 2.96. The van der Waals surface area contributed by atoms with Gasteiger partial charge in [-0.25, -0.2) is 0 Å². The van der Waals surface area contributed by atoms with E-state index < -0.39 is 4.92 Å². The van der Waals surface area contributed by atoms with Gasteiger partial charge in [0.15, 0.2) is 0 Å². The van der Waals surface area contributed by atoms with Crippen molar-refractivity contribution in [3.05, 3.63) is 56.3 Å². The van der Waals surface area contributed by atoms with Gasteiger partial charge < -0.3 is 10.6 Å². The van der Waals surface area contributed by atoms with Crippen LogP contribution in [0.5, 0.6) is 0 Å². The van der Waals surface area contributed by atoms with Crippen molar-refractivity contribution in [1.29, 1.82) is 0 Å². The minimum atomic E-state index is -0.565. The molecule has 0 unspecified atom stereocenters. The average molecular weight is 305 g/mol. The van der Waals surface area contributed by atoms with E-state index in [1.165, 1.54) is 23.1 Å². The summed E-state index contributed by atoms with van der Waals surface area (Å²) < 4.78 is 0. The Hall–Kier alpha value is -2.41. The lowest BCUT2D eigenvalue weighted by atomic mass is 10.1. The Balaban J connectivity index is 2.05. The Labute approximate surface area is 126 Å². The first-order chi connectivity index (χ1) is 9.99. The molecule has 0 aliphatic carbocycles. The third-order valence-corrected chi connectivity index (χ3v) is 4.03. The lowest BCUT2D eigenvalue weighted by Crippen LogP contribution is -2.28. The summed E-state index contributed by atoms with van der Waals surface area (Å²) in [6, 6.07) is 8.03. The van der Waals surface area contributed by atoms with Crippen LogP contribution < -0.4 is 5.73 Å². The number of hydrogen-bond acceptors (Lipinski definition) is 5. The molecule has 2 aromatic rings. The zero-order chi connectivity index (χ0) is 15.4. The largest absolute Gasteiger partial charge is 0.393 e. The molecule has 0 bridgehead atoms. The van der Waals surface area contributed by atoms with Crippen molar-refractivity contribution in [2.24, 2.45) is 0 Å². The monoisotopic (exact) mass is 305 g/mol. The third kappa shape index (κ3) is 3.57. The van der Waals surface area contributed by atoms with Crippen LogP contribution in [0.1, 0.15) is 15.2 Å². The van der Waals surface area contributed by atoms with Crippen LogP contribution in [0.15, 0.2) is 35.7 Å². The number of benzene rings is 1. The predicted octanol–water partition coefficient (Wildman–Crippen LogP) is 2.55. The van der Waals surface area contributed by atoms with Gasteiger partial charge in [0.25, 0.3) is 11.6 Å². The van der Waals surface area contributed by atoms with Crippen LogP contribution in [-0.4, -0.2) is 29.3 Å². The quantitative estimate of drug-likeness (QED) is 0.522. The van der Waals surface area contributed by atoms with Crippen molar-refractivity contribution in [3.63, 3.8) is 0 Å². The molecule has 0 saturated heterocycles. The SMILES string of the molecule is CN(CCc1cccs1)C(=O)c1ccc([N+](=O)[O-])c(N)c1. The van der Waals surface area contributed by atoms with Gasteiger partial charge in [0.2, 0.25) is 0 Å². The van der Waals surface area contributed by atoms with E-state index in [-0.39, 0.29) is 17.3 Å². The Morgan fingerprint density at radius 2 is 2.19 bits per heavy atom. The van der Waals surface area contributed by atoms with E-state index in [1.807, 2.05) is 17.5 Å². The standard InChI is InChI=1S/C14H15N3O3S/c1-16(7-6-11-3-2-8-21-11)14(18)10-4-5-13(17(19)20)12(15)9-10/h2-5,8-9H,6-7,15H2,1H3. The minimum absolute atomic E-state index is 0.00231. The minimum Gasteiger partial charge on any atom is -0.393 e. The summed E-state index contributed by atoms with van der Waals surface area (Å²) in [4.78, 5) is 25.2. The Morgan fingerprint density at radius 1 is 1.43 bits per heavy atom. The van der Waals surface area contributed by atoms with Crippen LogP contribution in [-0.2, 0) is 6.42 Å². The van der Waals surface area contributed by atoms with E-state index in [0.717, 1.165) is 6.42 Å². The van der Waals surface area contributed by atoms with Gasteiger partial charge in [0.1, 0.15) is 5.69 Å². The van der Waals surface area contributed by atoms with Crippen molar-refractivity contribution in [2.45, 2.75) is 6.42 Å². The highest BCUT2D eigenvalue weighted by atomic mass is 32.1. The molecule has 21 heavy (non-hydrogen) atoms. The number of nitrogen functional groups attached to an aromatic ring is 1. The summed E-state index contributed by atoms with van der Waals surface area (Å²) in [6.45, 7) is 0.580. The zero-order valence-corrected chi connectivity index (χ0v) is 12.3. The number of rotatable bonds is 5. The van der Waals surface area contributed by atoms with Crippen molar-refractivity contribution in [1.82, 2.24) is 4.90 Å². The zero-order valence-electron chi connectivity index (χ0n) is 11.5. The van der Waals surface area contributed by atoms with E-state index >= 15 is 0 Å². The van der Waals surface area contributed by atoms with Crippen LogP contribution in [0, 0.1) is 10.1 Å². The predicted molar refractivity (Wildman–Crippen MR) is 82.5 cm³/mol. The number of anilines is 1. The van der Waals surface area contributed by atoms with Gasteiger partial charge in [-0.2, -0.15) is 0 Å². The Bertz CT molecular complexity index is 655. The van der Waals surface area contributed by atoms with Crippen molar-refractivity contribution < 1.29 is 9.72 Å². The third-order valence-electron chi connectivity index (χ3n) is 3.09. The van der Waals surface area contributed by atoms with E-state index in [4.69, 9.17) is 5.73 Å². The van der Waals surface area contributed by atoms with Crippen molar-refractivity contribution >= 4 is 28.6 Å². The van der Waals surface area contributed by atoms with E-state index in [9.17, 15) is 14.9 Å². The maximum absolute atomic E-state index is 12.2. The summed E-state index contributed by atoms with van der Waals surface area (Å²) in [6.07, 6.45) is 0.780. The van der Waals surface area contributed by atoms with Crippen molar-refractivity contribution in [2.75, 3.05) is 19.3 Å². The fraction of sp³-hybridized carbons (Fsp3) is 0.214. The van der Waals surface area contributed by atoms with Crippen LogP contribution in [0.2, 0.25) is 0 Å². The maximum Gasteiger partial charge on any atom is 0.292 e. The second-order valence-corrected chi connectivity index (χ2v) is 5.62. The molecule has 1 aromatic carbocycles. The van der Waals surface area contributed by atoms with Gasteiger partial charge in [0.05, 0.1) is 4.92 Å². The Morgan fingerprint density at radius 3 is 2.76 bits per heavy atom. The molecule has 0 saturated carbocycles. The molecule has 1 heterocycles. The molecular weight excluding hydrogens is 290 g/mol. The fourth-order valence-corrected chi connectivity index (χ4v) is 2.61. The summed E-state index contributed by atoms with van der Waals surface area (Å²) in [7, 11) is 1.70. The van der Waals surface area contributed by atoms with Crippen LogP contribution in [0.3, 0.4) is 0 Å². The number of nitrogens with zero attached hydrogens (tertiary/aromatic N) is 2. The normalized spacial score (nSPS) is 10.3. The summed E-state index contributed by atoms with van der Waals surface area (Å²) in [5.74, 6) is -0.201. The molecule has 1 amide bonds. The van der Waals surface area contributed by atoms with Gasteiger partial charge in [-0.1, -0.05) is 6.07 Å². The number of hydrogen-bond donors (Lipinski definition) is 1. The molecule has 0 spiro atoms. The highest BCUT2D eigenvalue weighted by Crippen LogP contribution is 2.22. The summed E-state index contributed by atoms with van der Waals surface area (Å²) >= 11 is 1.65. The summed E-state index contributed by atoms with van der Waals surface area (Å²) in [5, 5.41) is 12.7. The molecule has 1 aromatic heterocycles. The number of nitro benzene ring substituents is 1. The number of nitrogens with two attached hydrogens (primary N) is 1.